The summed E-state index contributed by atoms with van der Waals surface area (Å²) in [5, 5.41) is 4.63. The van der Waals surface area contributed by atoms with Gasteiger partial charge in [-0.2, -0.15) is 5.10 Å². The maximum atomic E-state index is 6.07. The maximum Gasteiger partial charge on any atom is 0.176 e. The van der Waals surface area contributed by atoms with E-state index in [1.807, 2.05) is 31.2 Å². The lowest BCUT2D eigenvalue weighted by Crippen LogP contribution is -1.95. The molecule has 0 radical (unpaired) electrons. The average Bonchev–Trinajstić information content (AvgIpc) is 2.61. The molecule has 0 fully saturated rings. The molecule has 0 spiro atoms. The molecule has 0 bridgehead atoms. The summed E-state index contributed by atoms with van der Waals surface area (Å²) in [5.74, 6) is 0.581. The van der Waals surface area contributed by atoms with Gasteiger partial charge in [-0.05, 0) is 19.1 Å². The smallest absolute Gasteiger partial charge is 0.176 e. The first-order chi connectivity index (χ1) is 7.22. The molecule has 0 unspecified atom stereocenters. The van der Waals surface area contributed by atoms with E-state index in [9.17, 15) is 0 Å². The Morgan fingerprint density at radius 3 is 2.47 bits per heavy atom. The Morgan fingerprint density at radius 1 is 1.27 bits per heavy atom. The van der Waals surface area contributed by atoms with Crippen molar-refractivity contribution < 1.29 is 4.74 Å². The van der Waals surface area contributed by atoms with E-state index in [2.05, 4.69) is 5.10 Å². The van der Waals surface area contributed by atoms with Gasteiger partial charge in [-0.25, -0.2) is 4.68 Å². The minimum atomic E-state index is 0.487. The number of nitrogens with zero attached hydrogens (tertiary/aromatic N) is 2. The quantitative estimate of drug-likeness (QED) is 0.781. The molecule has 2 aromatic rings. The van der Waals surface area contributed by atoms with Gasteiger partial charge in [-0.3, -0.25) is 0 Å². The summed E-state index contributed by atoms with van der Waals surface area (Å²) >= 11 is 6.07. The third-order valence-electron chi connectivity index (χ3n) is 2.18. The number of aryl methyl sites for hydroxylation is 1. The fourth-order valence-corrected chi connectivity index (χ4v) is 1.59. The summed E-state index contributed by atoms with van der Waals surface area (Å²) in [6.45, 7) is 2.04. The van der Waals surface area contributed by atoms with Crippen molar-refractivity contribution in [2.24, 2.45) is 0 Å². The van der Waals surface area contributed by atoms with Crippen LogP contribution in [-0.4, -0.2) is 16.9 Å². The van der Waals surface area contributed by atoms with Crippen LogP contribution >= 0.6 is 11.6 Å². The minimum Gasteiger partial charge on any atom is -0.492 e. The maximum absolute atomic E-state index is 6.07. The van der Waals surface area contributed by atoms with Crippen LogP contribution in [0.25, 0.3) is 5.69 Å². The second-order valence-corrected chi connectivity index (χ2v) is 3.61. The lowest BCUT2D eigenvalue weighted by Gasteiger charge is -2.03. The van der Waals surface area contributed by atoms with Crippen LogP contribution in [0.1, 0.15) is 5.56 Å². The highest BCUT2D eigenvalue weighted by Crippen LogP contribution is 2.26. The van der Waals surface area contributed by atoms with Crippen LogP contribution in [0, 0.1) is 6.92 Å². The summed E-state index contributed by atoms with van der Waals surface area (Å²) in [7, 11) is 1.57. The van der Waals surface area contributed by atoms with Crippen LogP contribution in [0.5, 0.6) is 5.75 Å². The van der Waals surface area contributed by atoms with Gasteiger partial charge in [-0.15, -0.1) is 0 Å². The van der Waals surface area contributed by atoms with Crippen LogP contribution in [0.4, 0.5) is 0 Å². The summed E-state index contributed by atoms with van der Waals surface area (Å²) in [6.07, 6.45) is 1.60. The molecule has 3 nitrogen and oxygen atoms in total. The molecule has 0 amide bonds. The van der Waals surface area contributed by atoms with Gasteiger partial charge in [0.1, 0.15) is 0 Å². The van der Waals surface area contributed by atoms with Crippen molar-refractivity contribution in [3.8, 4) is 11.4 Å². The summed E-state index contributed by atoms with van der Waals surface area (Å²) in [6, 6.07) is 7.96. The molecule has 0 aliphatic rings. The number of methoxy groups -OCH3 is 1. The Labute approximate surface area is 93.2 Å². The van der Waals surface area contributed by atoms with Gasteiger partial charge in [0.25, 0.3) is 0 Å². The average molecular weight is 223 g/mol. The van der Waals surface area contributed by atoms with Gasteiger partial charge in [0.05, 0.1) is 19.0 Å². The Morgan fingerprint density at radius 2 is 1.93 bits per heavy atom. The molecular formula is C11H11ClN2O. The van der Waals surface area contributed by atoms with E-state index < -0.39 is 0 Å². The van der Waals surface area contributed by atoms with E-state index >= 15 is 0 Å². The predicted octanol–water partition coefficient (Wildman–Crippen LogP) is 2.84. The third-order valence-corrected chi connectivity index (χ3v) is 2.52. The van der Waals surface area contributed by atoms with Gasteiger partial charge in [0.15, 0.2) is 10.9 Å². The highest BCUT2D eigenvalue weighted by molar-refractivity contribution is 6.31. The number of ether oxygens (including phenoxy) is 1. The Kier molecular flexibility index (Phi) is 2.64. The fraction of sp³-hybridized carbons (Fsp3) is 0.182. The van der Waals surface area contributed by atoms with E-state index in [1.165, 1.54) is 5.56 Å². The number of hydrogen-bond donors (Lipinski definition) is 0. The topological polar surface area (TPSA) is 27.1 Å². The predicted molar refractivity (Wildman–Crippen MR) is 59.9 cm³/mol. The number of rotatable bonds is 2. The lowest BCUT2D eigenvalue weighted by atomic mass is 10.2. The molecule has 15 heavy (non-hydrogen) atoms. The summed E-state index contributed by atoms with van der Waals surface area (Å²) in [4.78, 5) is 0. The van der Waals surface area contributed by atoms with Crippen molar-refractivity contribution in [2.45, 2.75) is 6.92 Å². The molecule has 1 aromatic carbocycles. The second-order valence-electron chi connectivity index (χ2n) is 3.25. The third kappa shape index (κ3) is 1.83. The standard InChI is InChI=1S/C11H11ClN2O/c1-8-3-5-9(6-4-8)14-11(12)10(15-2)7-13-14/h3-7H,1-2H3. The highest BCUT2D eigenvalue weighted by atomic mass is 35.5. The van der Waals surface area contributed by atoms with Crippen LogP contribution in [0.2, 0.25) is 5.15 Å². The van der Waals surface area contributed by atoms with Crippen molar-refractivity contribution in [3.63, 3.8) is 0 Å². The zero-order valence-electron chi connectivity index (χ0n) is 8.57. The number of benzene rings is 1. The molecule has 0 aliphatic heterocycles. The number of hydrogen-bond acceptors (Lipinski definition) is 2. The van der Waals surface area contributed by atoms with Gasteiger partial charge >= 0.3 is 0 Å². The Hall–Kier alpha value is -1.48. The van der Waals surface area contributed by atoms with Crippen molar-refractivity contribution >= 4 is 11.6 Å². The molecule has 4 heteroatoms. The van der Waals surface area contributed by atoms with E-state index in [-0.39, 0.29) is 0 Å². The summed E-state index contributed by atoms with van der Waals surface area (Å²) < 4.78 is 6.69. The normalized spacial score (nSPS) is 10.3. The van der Waals surface area contributed by atoms with Crippen LogP contribution < -0.4 is 4.74 Å². The molecule has 0 saturated carbocycles. The van der Waals surface area contributed by atoms with Crippen LogP contribution in [-0.2, 0) is 0 Å². The van der Waals surface area contributed by atoms with Gasteiger partial charge in [0, 0.05) is 0 Å². The first-order valence-electron chi connectivity index (χ1n) is 4.57. The monoisotopic (exact) mass is 222 g/mol. The zero-order chi connectivity index (χ0) is 10.8. The van der Waals surface area contributed by atoms with Crippen LogP contribution in [0.15, 0.2) is 30.5 Å². The van der Waals surface area contributed by atoms with Crippen LogP contribution in [0.3, 0.4) is 0 Å². The van der Waals surface area contributed by atoms with E-state index in [0.29, 0.717) is 10.9 Å². The SMILES string of the molecule is COc1cnn(-c2ccc(C)cc2)c1Cl. The van der Waals surface area contributed by atoms with E-state index in [4.69, 9.17) is 16.3 Å². The van der Waals surface area contributed by atoms with Crippen molar-refractivity contribution in [3.05, 3.63) is 41.2 Å². The van der Waals surface area contributed by atoms with E-state index in [0.717, 1.165) is 5.69 Å². The van der Waals surface area contributed by atoms with Gasteiger partial charge < -0.3 is 4.74 Å². The molecule has 0 aliphatic carbocycles. The number of halogens is 1. The lowest BCUT2D eigenvalue weighted by molar-refractivity contribution is 0.415. The highest BCUT2D eigenvalue weighted by Gasteiger charge is 2.09. The first kappa shape index (κ1) is 10.1. The summed E-state index contributed by atoms with van der Waals surface area (Å²) in [5.41, 5.74) is 2.13. The molecule has 1 aromatic heterocycles. The van der Waals surface area contributed by atoms with Crippen molar-refractivity contribution in [1.82, 2.24) is 9.78 Å². The van der Waals surface area contributed by atoms with E-state index in [1.54, 1.807) is 18.0 Å². The largest absolute Gasteiger partial charge is 0.492 e. The van der Waals surface area contributed by atoms with Gasteiger partial charge in [-0.1, -0.05) is 29.3 Å². The molecule has 1 heterocycles. The molecular weight excluding hydrogens is 212 g/mol. The molecule has 78 valence electrons. The van der Waals surface area contributed by atoms with Crippen molar-refractivity contribution in [2.75, 3.05) is 7.11 Å². The Bertz CT molecular complexity index is 462. The molecule has 2 rings (SSSR count). The fourth-order valence-electron chi connectivity index (χ4n) is 1.32. The van der Waals surface area contributed by atoms with Gasteiger partial charge in [0.2, 0.25) is 0 Å². The zero-order valence-corrected chi connectivity index (χ0v) is 9.32. The molecule has 0 N–H and O–H groups in total. The second kappa shape index (κ2) is 3.95. The van der Waals surface area contributed by atoms with Crippen molar-refractivity contribution in [1.29, 1.82) is 0 Å². The molecule has 0 atom stereocenters. The minimum absolute atomic E-state index is 0.487. The number of aromatic nitrogens is 2. The molecule has 0 saturated heterocycles. The first-order valence-corrected chi connectivity index (χ1v) is 4.94. The Balaban J connectivity index is 2.45.